The molecule has 3 heterocycles. The van der Waals surface area contributed by atoms with E-state index in [4.69, 9.17) is 0 Å². The van der Waals surface area contributed by atoms with Gasteiger partial charge in [0.05, 0.1) is 5.69 Å². The fourth-order valence-corrected chi connectivity index (χ4v) is 3.54. The summed E-state index contributed by atoms with van der Waals surface area (Å²) in [5.74, 6) is 0.703. The zero-order chi connectivity index (χ0) is 18.8. The first-order valence-corrected chi connectivity index (χ1v) is 8.95. The summed E-state index contributed by atoms with van der Waals surface area (Å²) in [6.45, 7) is 1.41. The highest BCUT2D eigenvalue weighted by Gasteiger charge is 2.29. The molecule has 0 bridgehead atoms. The molecule has 1 aliphatic heterocycles. The molecular weight excluding hydrogens is 346 g/mol. The number of carbonyl (C=O) groups excluding carboxylic acids is 1. The summed E-state index contributed by atoms with van der Waals surface area (Å²) in [5.41, 5.74) is 0.610. The number of aryl methyl sites for hydroxylation is 1. The smallest absolute Gasteiger partial charge is 0.340 e. The lowest BCUT2D eigenvalue weighted by atomic mass is 9.97. The third-order valence-corrected chi connectivity index (χ3v) is 4.87. The fraction of sp³-hybridized carbons (Fsp3) is 0.389. The number of hydrogen-bond donors (Lipinski definition) is 0. The first-order chi connectivity index (χ1) is 13.1. The van der Waals surface area contributed by atoms with Crippen LogP contribution in [0.25, 0.3) is 5.69 Å². The van der Waals surface area contributed by atoms with Crippen LogP contribution in [-0.2, 0) is 18.4 Å². The Kier molecular flexibility index (Phi) is 4.57. The van der Waals surface area contributed by atoms with E-state index in [9.17, 15) is 9.59 Å². The Morgan fingerprint density at radius 2 is 2.07 bits per heavy atom. The van der Waals surface area contributed by atoms with Crippen LogP contribution in [0.1, 0.15) is 24.6 Å². The van der Waals surface area contributed by atoms with Gasteiger partial charge in [-0.05, 0) is 25.0 Å². The van der Waals surface area contributed by atoms with E-state index in [1.165, 1.54) is 22.0 Å². The van der Waals surface area contributed by atoms with Gasteiger partial charge in [-0.2, -0.15) is 10.2 Å². The van der Waals surface area contributed by atoms with Crippen LogP contribution in [0.15, 0.2) is 47.8 Å². The number of likely N-dealkylation sites (tertiary alicyclic amines) is 1. The molecule has 0 aliphatic carbocycles. The van der Waals surface area contributed by atoms with Crippen molar-refractivity contribution in [2.75, 3.05) is 13.1 Å². The van der Waals surface area contributed by atoms with Crippen molar-refractivity contribution in [2.45, 2.75) is 25.3 Å². The molecule has 1 amide bonds. The van der Waals surface area contributed by atoms with Crippen molar-refractivity contribution in [3.63, 3.8) is 0 Å². The maximum absolute atomic E-state index is 12.6. The van der Waals surface area contributed by atoms with Gasteiger partial charge in [-0.25, -0.2) is 23.7 Å². The number of aromatic nitrogens is 6. The highest BCUT2D eigenvalue weighted by molar-refractivity contribution is 5.76. The molecule has 1 aliphatic rings. The number of piperidine rings is 1. The maximum atomic E-state index is 12.6. The van der Waals surface area contributed by atoms with Gasteiger partial charge in [-0.3, -0.25) is 4.79 Å². The van der Waals surface area contributed by atoms with E-state index in [1.807, 2.05) is 35.2 Å². The minimum Gasteiger partial charge on any atom is -0.340 e. The van der Waals surface area contributed by atoms with Gasteiger partial charge in [0.2, 0.25) is 5.91 Å². The normalized spacial score (nSPS) is 17.2. The average molecular weight is 367 g/mol. The molecule has 1 aromatic carbocycles. The average Bonchev–Trinajstić information content (AvgIpc) is 3.31. The van der Waals surface area contributed by atoms with E-state index in [0.29, 0.717) is 18.9 Å². The van der Waals surface area contributed by atoms with Crippen LogP contribution in [0.5, 0.6) is 0 Å². The van der Waals surface area contributed by atoms with Crippen molar-refractivity contribution < 1.29 is 4.79 Å². The summed E-state index contributed by atoms with van der Waals surface area (Å²) in [7, 11) is 1.65. The second-order valence-corrected chi connectivity index (χ2v) is 6.71. The Balaban J connectivity index is 1.59. The summed E-state index contributed by atoms with van der Waals surface area (Å²) in [6.07, 6.45) is 4.70. The predicted molar refractivity (Wildman–Crippen MR) is 97.4 cm³/mol. The second kappa shape index (κ2) is 7.18. The highest BCUT2D eigenvalue weighted by Crippen LogP contribution is 2.26. The van der Waals surface area contributed by atoms with E-state index < -0.39 is 0 Å². The van der Waals surface area contributed by atoms with Crippen molar-refractivity contribution in [1.29, 1.82) is 0 Å². The fourth-order valence-electron chi connectivity index (χ4n) is 3.54. The molecule has 4 rings (SSSR count). The lowest BCUT2D eigenvalue weighted by molar-refractivity contribution is -0.133. The summed E-state index contributed by atoms with van der Waals surface area (Å²) >= 11 is 0. The SMILES string of the molecule is Cn1nc(C2CCCN(C(=O)Cn3cncn3)C2)n(-c2ccccc2)c1=O. The maximum Gasteiger partial charge on any atom is 0.350 e. The lowest BCUT2D eigenvalue weighted by Crippen LogP contribution is -2.41. The zero-order valence-electron chi connectivity index (χ0n) is 15.1. The standard InChI is InChI=1S/C18H21N7O2/c1-22-18(27)25(15-7-3-2-4-8-15)17(21-22)14-6-5-9-23(10-14)16(26)11-24-13-19-12-20-24/h2-4,7-8,12-14H,5-6,9-11H2,1H3. The van der Waals surface area contributed by atoms with E-state index >= 15 is 0 Å². The van der Waals surface area contributed by atoms with E-state index in [1.54, 1.807) is 11.6 Å². The van der Waals surface area contributed by atoms with Crippen molar-refractivity contribution in [2.24, 2.45) is 7.05 Å². The molecule has 2 aromatic heterocycles. The number of benzene rings is 1. The van der Waals surface area contributed by atoms with Gasteiger partial charge in [0.25, 0.3) is 0 Å². The molecular formula is C18H21N7O2. The van der Waals surface area contributed by atoms with Crippen molar-refractivity contribution >= 4 is 5.91 Å². The Morgan fingerprint density at radius 1 is 1.26 bits per heavy atom. The number of carbonyl (C=O) groups is 1. The molecule has 0 N–H and O–H groups in total. The molecule has 1 fully saturated rings. The number of para-hydroxylation sites is 1. The third-order valence-electron chi connectivity index (χ3n) is 4.87. The molecule has 1 unspecified atom stereocenters. The summed E-state index contributed by atoms with van der Waals surface area (Å²) in [6, 6.07) is 9.49. The Labute approximate surface area is 155 Å². The molecule has 27 heavy (non-hydrogen) atoms. The number of rotatable bonds is 4. The molecule has 140 valence electrons. The first kappa shape index (κ1) is 17.2. The van der Waals surface area contributed by atoms with Crippen LogP contribution in [-0.4, -0.2) is 53.0 Å². The first-order valence-electron chi connectivity index (χ1n) is 8.95. The van der Waals surface area contributed by atoms with Crippen LogP contribution in [0.2, 0.25) is 0 Å². The molecule has 9 heteroatoms. The molecule has 1 atom stereocenters. The van der Waals surface area contributed by atoms with Gasteiger partial charge in [0.1, 0.15) is 25.0 Å². The molecule has 0 spiro atoms. The Bertz CT molecular complexity index is 975. The largest absolute Gasteiger partial charge is 0.350 e. The highest BCUT2D eigenvalue weighted by atomic mass is 16.2. The summed E-state index contributed by atoms with van der Waals surface area (Å²) < 4.78 is 4.53. The van der Waals surface area contributed by atoms with Gasteiger partial charge in [0.15, 0.2) is 0 Å². The minimum absolute atomic E-state index is 0.00487. The number of hydrogen-bond acceptors (Lipinski definition) is 5. The zero-order valence-corrected chi connectivity index (χ0v) is 15.1. The Morgan fingerprint density at radius 3 is 2.81 bits per heavy atom. The lowest BCUT2D eigenvalue weighted by Gasteiger charge is -2.32. The van der Waals surface area contributed by atoms with Crippen molar-refractivity contribution in [3.05, 3.63) is 59.3 Å². The van der Waals surface area contributed by atoms with E-state index in [0.717, 1.165) is 18.5 Å². The van der Waals surface area contributed by atoms with Gasteiger partial charge in [-0.1, -0.05) is 18.2 Å². The van der Waals surface area contributed by atoms with Gasteiger partial charge in [-0.15, -0.1) is 0 Å². The van der Waals surface area contributed by atoms with Gasteiger partial charge >= 0.3 is 5.69 Å². The monoisotopic (exact) mass is 367 g/mol. The topological polar surface area (TPSA) is 90.8 Å². The predicted octanol–water partition coefficient (Wildman–Crippen LogP) is 0.569. The van der Waals surface area contributed by atoms with Crippen LogP contribution in [0.4, 0.5) is 0 Å². The summed E-state index contributed by atoms with van der Waals surface area (Å²) in [5, 5.41) is 8.48. The van der Waals surface area contributed by atoms with Crippen LogP contribution < -0.4 is 5.69 Å². The molecule has 0 radical (unpaired) electrons. The molecule has 0 saturated carbocycles. The molecule has 1 saturated heterocycles. The van der Waals surface area contributed by atoms with Crippen LogP contribution in [0, 0.1) is 0 Å². The quantitative estimate of drug-likeness (QED) is 0.672. The van der Waals surface area contributed by atoms with Crippen molar-refractivity contribution in [1.82, 2.24) is 34.0 Å². The third kappa shape index (κ3) is 3.40. The minimum atomic E-state index is -0.178. The summed E-state index contributed by atoms with van der Waals surface area (Å²) in [4.78, 5) is 30.9. The number of nitrogens with zero attached hydrogens (tertiary/aromatic N) is 7. The Hall–Kier alpha value is -3.23. The number of amides is 1. The molecule has 3 aromatic rings. The van der Waals surface area contributed by atoms with E-state index in [-0.39, 0.29) is 24.1 Å². The van der Waals surface area contributed by atoms with Crippen LogP contribution >= 0.6 is 0 Å². The van der Waals surface area contributed by atoms with Crippen molar-refractivity contribution in [3.8, 4) is 5.69 Å². The second-order valence-electron chi connectivity index (χ2n) is 6.71. The molecule has 9 nitrogen and oxygen atoms in total. The van der Waals surface area contributed by atoms with Gasteiger partial charge in [0, 0.05) is 26.1 Å². The van der Waals surface area contributed by atoms with E-state index in [2.05, 4.69) is 15.2 Å². The van der Waals surface area contributed by atoms with Gasteiger partial charge < -0.3 is 4.90 Å². The van der Waals surface area contributed by atoms with Crippen LogP contribution in [0.3, 0.4) is 0 Å².